The molecule has 122 valence electrons. The number of nitrogens with zero attached hydrogens (tertiary/aromatic N) is 2. The first-order valence-electron chi connectivity index (χ1n) is 6.07. The molecule has 2 heterocycles. The van der Waals surface area contributed by atoms with E-state index in [-0.39, 0.29) is 21.9 Å². The first kappa shape index (κ1) is 15.7. The van der Waals surface area contributed by atoms with Crippen LogP contribution in [-0.2, 0) is 19.7 Å². The third kappa shape index (κ3) is 2.45. The molecule has 0 aliphatic carbocycles. The molecule has 0 spiro atoms. The molecule has 3 rings (SSSR count). The number of hydrogen-bond donors (Lipinski definition) is 1. The van der Waals surface area contributed by atoms with Crippen LogP contribution in [0.3, 0.4) is 0 Å². The summed E-state index contributed by atoms with van der Waals surface area (Å²) in [6.07, 6.45) is 1.60. The number of aromatic amines is 1. The van der Waals surface area contributed by atoms with Crippen molar-refractivity contribution >= 4 is 41.6 Å². The normalized spacial score (nSPS) is 13.0. The lowest BCUT2D eigenvalue weighted by Gasteiger charge is -2.04. The Morgan fingerprint density at radius 3 is 2.17 bits per heavy atom. The second-order valence-corrected chi connectivity index (χ2v) is 8.83. The van der Waals surface area contributed by atoms with Gasteiger partial charge in [0.15, 0.2) is 26.5 Å². The Kier molecular flexibility index (Phi) is 3.20. The minimum atomic E-state index is -4.03. The molecule has 3 aromatic rings. The lowest BCUT2D eigenvalue weighted by atomic mass is 10.2. The molecule has 11 heteroatoms. The fourth-order valence-corrected chi connectivity index (χ4v) is 3.59. The summed E-state index contributed by atoms with van der Waals surface area (Å²) in [4.78, 5) is 9.85. The summed E-state index contributed by atoms with van der Waals surface area (Å²) in [6, 6.07) is 2.06. The number of fused-ring (bicyclic) bond motifs is 3. The number of sulfone groups is 2. The van der Waals surface area contributed by atoms with Crippen LogP contribution in [0.4, 0.5) is 8.78 Å². The highest BCUT2D eigenvalue weighted by molar-refractivity contribution is 7.91. The zero-order valence-electron chi connectivity index (χ0n) is 11.8. The van der Waals surface area contributed by atoms with Crippen LogP contribution in [0.5, 0.6) is 0 Å². The minimum absolute atomic E-state index is 0.0729. The van der Waals surface area contributed by atoms with Crippen molar-refractivity contribution in [1.82, 2.24) is 15.0 Å². The molecule has 0 aliphatic rings. The Balaban J connectivity index is 2.66. The molecule has 1 N–H and O–H groups in total. The van der Waals surface area contributed by atoms with Crippen LogP contribution in [0.25, 0.3) is 21.9 Å². The van der Waals surface area contributed by atoms with Gasteiger partial charge < -0.3 is 4.98 Å². The van der Waals surface area contributed by atoms with Crippen LogP contribution in [0.15, 0.2) is 22.3 Å². The van der Waals surface area contributed by atoms with Gasteiger partial charge in [-0.15, -0.1) is 0 Å². The number of hydrogen-bond acceptors (Lipinski definition) is 6. The molecule has 1 aromatic carbocycles. The molecule has 0 aliphatic heterocycles. The number of rotatable bonds is 2. The van der Waals surface area contributed by atoms with Crippen molar-refractivity contribution in [3.8, 4) is 0 Å². The van der Waals surface area contributed by atoms with Gasteiger partial charge in [-0.3, -0.25) is 0 Å². The standard InChI is InChI=1S/C12H9F2N3O4S2/c1-22(18,19)11-8-7-6(4-3-5(13)9(7)14)15-10(8)16-12(17-11)23(2,20)21/h3-4H,1-2H3,(H,15,16,17). The van der Waals surface area contributed by atoms with E-state index in [2.05, 4.69) is 15.0 Å². The zero-order valence-corrected chi connectivity index (χ0v) is 13.4. The van der Waals surface area contributed by atoms with Gasteiger partial charge in [-0.2, -0.15) is 0 Å². The molecular formula is C12H9F2N3O4S2. The van der Waals surface area contributed by atoms with Crippen molar-refractivity contribution in [2.45, 2.75) is 10.2 Å². The number of aromatic nitrogens is 3. The van der Waals surface area contributed by atoms with E-state index in [0.717, 1.165) is 18.6 Å². The average molecular weight is 361 g/mol. The molecule has 0 saturated heterocycles. The summed E-state index contributed by atoms with van der Waals surface area (Å²) in [5, 5.41) is -2.04. The molecular weight excluding hydrogens is 352 g/mol. The lowest BCUT2D eigenvalue weighted by Crippen LogP contribution is -2.10. The second-order valence-electron chi connectivity index (χ2n) is 4.99. The molecule has 0 saturated carbocycles. The predicted octanol–water partition coefficient (Wildman–Crippen LogP) is 1.20. The molecule has 0 fully saturated rings. The van der Waals surface area contributed by atoms with Crippen molar-refractivity contribution in [3.05, 3.63) is 23.8 Å². The molecule has 7 nitrogen and oxygen atoms in total. The quantitative estimate of drug-likeness (QED) is 0.542. The Bertz CT molecular complexity index is 1180. The SMILES string of the molecule is CS(=O)(=O)c1nc(S(C)(=O)=O)c2c(n1)[nH]c1ccc(F)c(F)c12. The molecule has 0 unspecified atom stereocenters. The summed E-state index contributed by atoms with van der Waals surface area (Å²) in [6.45, 7) is 0. The van der Waals surface area contributed by atoms with Gasteiger partial charge in [0.25, 0.3) is 0 Å². The van der Waals surface area contributed by atoms with Crippen molar-refractivity contribution < 1.29 is 25.6 Å². The molecule has 23 heavy (non-hydrogen) atoms. The highest BCUT2D eigenvalue weighted by Gasteiger charge is 2.26. The zero-order chi connectivity index (χ0) is 17.2. The van der Waals surface area contributed by atoms with Gasteiger partial charge in [0.2, 0.25) is 15.0 Å². The molecule has 2 aromatic heterocycles. The van der Waals surface area contributed by atoms with E-state index in [0.29, 0.717) is 0 Å². The fourth-order valence-electron chi connectivity index (χ4n) is 2.20. The summed E-state index contributed by atoms with van der Waals surface area (Å²) in [7, 11) is -7.94. The molecule has 0 amide bonds. The predicted molar refractivity (Wildman–Crippen MR) is 77.5 cm³/mol. The van der Waals surface area contributed by atoms with Crippen LogP contribution in [0.2, 0.25) is 0 Å². The van der Waals surface area contributed by atoms with E-state index in [4.69, 9.17) is 0 Å². The maximum absolute atomic E-state index is 14.1. The number of nitrogens with one attached hydrogen (secondary N) is 1. The average Bonchev–Trinajstić information content (AvgIpc) is 2.78. The van der Waals surface area contributed by atoms with Crippen molar-refractivity contribution in [3.63, 3.8) is 0 Å². The Morgan fingerprint density at radius 2 is 1.61 bits per heavy atom. The third-order valence-corrected chi connectivity index (χ3v) is 4.98. The van der Waals surface area contributed by atoms with E-state index in [1.165, 1.54) is 6.07 Å². The molecule has 0 atom stereocenters. The summed E-state index contributed by atoms with van der Waals surface area (Å²) in [5.74, 6) is -2.45. The monoisotopic (exact) mass is 361 g/mol. The van der Waals surface area contributed by atoms with Gasteiger partial charge in [0, 0.05) is 12.5 Å². The van der Waals surface area contributed by atoms with Gasteiger partial charge in [0.1, 0.15) is 5.65 Å². The van der Waals surface area contributed by atoms with Gasteiger partial charge in [-0.1, -0.05) is 0 Å². The number of H-pyrrole nitrogens is 1. The summed E-state index contributed by atoms with van der Waals surface area (Å²) >= 11 is 0. The highest BCUT2D eigenvalue weighted by atomic mass is 32.2. The first-order chi connectivity index (χ1) is 10.5. The maximum Gasteiger partial charge on any atom is 0.250 e. The van der Waals surface area contributed by atoms with Crippen LogP contribution in [0, 0.1) is 11.6 Å². The molecule has 0 radical (unpaired) electrons. The molecule has 0 bridgehead atoms. The van der Waals surface area contributed by atoms with Gasteiger partial charge in [0.05, 0.1) is 16.3 Å². The van der Waals surface area contributed by atoms with E-state index < -0.39 is 41.5 Å². The lowest BCUT2D eigenvalue weighted by molar-refractivity contribution is 0.517. The largest absolute Gasteiger partial charge is 0.339 e. The van der Waals surface area contributed by atoms with Gasteiger partial charge in [-0.05, 0) is 12.1 Å². The highest BCUT2D eigenvalue weighted by Crippen LogP contribution is 2.32. The number of halogens is 2. The van der Waals surface area contributed by atoms with E-state index in [9.17, 15) is 25.6 Å². The Morgan fingerprint density at radius 1 is 0.957 bits per heavy atom. The van der Waals surface area contributed by atoms with Crippen molar-refractivity contribution in [2.75, 3.05) is 12.5 Å². The minimum Gasteiger partial charge on any atom is -0.339 e. The van der Waals surface area contributed by atoms with Crippen LogP contribution >= 0.6 is 0 Å². The topological polar surface area (TPSA) is 110 Å². The van der Waals surface area contributed by atoms with E-state index in [1.54, 1.807) is 0 Å². The number of benzene rings is 1. The third-order valence-electron chi connectivity index (χ3n) is 3.14. The van der Waals surface area contributed by atoms with Crippen molar-refractivity contribution in [1.29, 1.82) is 0 Å². The smallest absolute Gasteiger partial charge is 0.250 e. The second kappa shape index (κ2) is 4.68. The first-order valence-corrected chi connectivity index (χ1v) is 9.86. The van der Waals surface area contributed by atoms with Gasteiger partial charge >= 0.3 is 0 Å². The van der Waals surface area contributed by atoms with Gasteiger partial charge in [-0.25, -0.2) is 35.6 Å². The van der Waals surface area contributed by atoms with Crippen LogP contribution in [0.1, 0.15) is 0 Å². The summed E-state index contributed by atoms with van der Waals surface area (Å²) in [5.41, 5.74) is -0.135. The Hall–Kier alpha value is -2.14. The van der Waals surface area contributed by atoms with Crippen LogP contribution in [-0.4, -0.2) is 44.3 Å². The Labute approximate surface area is 129 Å². The van der Waals surface area contributed by atoms with Crippen LogP contribution < -0.4 is 0 Å². The fraction of sp³-hybridized carbons (Fsp3) is 0.167. The summed E-state index contributed by atoms with van der Waals surface area (Å²) < 4.78 is 74.7. The maximum atomic E-state index is 14.1. The van der Waals surface area contributed by atoms with E-state index in [1.807, 2.05) is 0 Å². The van der Waals surface area contributed by atoms with E-state index >= 15 is 0 Å². The van der Waals surface area contributed by atoms with Crippen molar-refractivity contribution in [2.24, 2.45) is 0 Å².